The Morgan fingerprint density at radius 1 is 1.25 bits per heavy atom. The summed E-state index contributed by atoms with van der Waals surface area (Å²) in [5.74, 6) is 0.272. The van der Waals surface area contributed by atoms with E-state index in [9.17, 15) is 13.6 Å². The van der Waals surface area contributed by atoms with Crippen LogP contribution in [0.5, 0.6) is 11.5 Å². The maximum Gasteiger partial charge on any atom is 0.387 e. The number of rotatable bonds is 10. The Hall–Kier alpha value is -1.93. The summed E-state index contributed by atoms with van der Waals surface area (Å²) < 4.78 is 40.2. The van der Waals surface area contributed by atoms with Crippen molar-refractivity contribution >= 4 is 5.91 Å². The Bertz CT molecular complexity index is 622. The van der Waals surface area contributed by atoms with Crippen LogP contribution in [0.1, 0.15) is 37.6 Å². The van der Waals surface area contributed by atoms with Gasteiger partial charge in [-0.2, -0.15) is 8.78 Å². The molecule has 28 heavy (non-hydrogen) atoms. The highest BCUT2D eigenvalue weighted by Crippen LogP contribution is 2.30. The average molecular weight is 400 g/mol. The number of halogens is 2. The minimum Gasteiger partial charge on any atom is -0.490 e. The van der Waals surface area contributed by atoms with E-state index in [2.05, 4.69) is 28.8 Å². The first-order valence-electron chi connectivity index (χ1n) is 9.72. The summed E-state index contributed by atoms with van der Waals surface area (Å²) in [6.07, 6.45) is 0.964. The molecule has 0 saturated carbocycles. The molecule has 1 saturated heterocycles. The standard InChI is InChI=1S/C20H30F2N2O4/c1-4-27-18-12-15(5-6-17(18)28-20(21)22)19(25)23-13-16(11-14(2)3)24-7-9-26-10-8-24/h5-6,12,14,16,20H,4,7-11,13H2,1-3H3,(H,23,25)/t16-/m0/s1. The summed E-state index contributed by atoms with van der Waals surface area (Å²) in [4.78, 5) is 15.0. The third-order valence-corrected chi connectivity index (χ3v) is 4.53. The molecule has 1 fully saturated rings. The fourth-order valence-electron chi connectivity index (χ4n) is 3.27. The Kier molecular flexibility index (Phi) is 8.92. The summed E-state index contributed by atoms with van der Waals surface area (Å²) in [5.41, 5.74) is 0.343. The second kappa shape index (κ2) is 11.2. The number of nitrogens with one attached hydrogen (secondary N) is 1. The topological polar surface area (TPSA) is 60.0 Å². The lowest BCUT2D eigenvalue weighted by Crippen LogP contribution is -2.49. The highest BCUT2D eigenvalue weighted by molar-refractivity contribution is 5.94. The van der Waals surface area contributed by atoms with E-state index in [0.717, 1.165) is 19.5 Å². The molecule has 0 bridgehead atoms. The molecule has 1 aliphatic rings. The van der Waals surface area contributed by atoms with Gasteiger partial charge in [-0.3, -0.25) is 9.69 Å². The van der Waals surface area contributed by atoms with Gasteiger partial charge < -0.3 is 19.5 Å². The molecule has 1 N–H and O–H groups in total. The molecule has 6 nitrogen and oxygen atoms in total. The van der Waals surface area contributed by atoms with Gasteiger partial charge in [-0.25, -0.2) is 0 Å². The van der Waals surface area contributed by atoms with E-state index in [1.165, 1.54) is 18.2 Å². The zero-order valence-corrected chi connectivity index (χ0v) is 16.7. The third-order valence-electron chi connectivity index (χ3n) is 4.53. The molecule has 1 aromatic rings. The minimum atomic E-state index is -2.95. The zero-order chi connectivity index (χ0) is 20.5. The van der Waals surface area contributed by atoms with E-state index < -0.39 is 6.61 Å². The molecular formula is C20H30F2N2O4. The molecule has 158 valence electrons. The van der Waals surface area contributed by atoms with Crippen LogP contribution in [0, 0.1) is 5.92 Å². The van der Waals surface area contributed by atoms with Gasteiger partial charge in [0.15, 0.2) is 11.5 Å². The van der Waals surface area contributed by atoms with Crippen molar-refractivity contribution in [3.8, 4) is 11.5 Å². The van der Waals surface area contributed by atoms with Gasteiger partial charge in [-0.1, -0.05) is 13.8 Å². The van der Waals surface area contributed by atoms with Crippen LogP contribution in [0.4, 0.5) is 8.78 Å². The zero-order valence-electron chi connectivity index (χ0n) is 16.7. The van der Waals surface area contributed by atoms with Crippen LogP contribution in [-0.4, -0.2) is 62.9 Å². The summed E-state index contributed by atoms with van der Waals surface area (Å²) >= 11 is 0. The van der Waals surface area contributed by atoms with Crippen LogP contribution in [-0.2, 0) is 4.74 Å². The van der Waals surface area contributed by atoms with Crippen molar-refractivity contribution < 1.29 is 27.8 Å². The molecule has 1 heterocycles. The fourth-order valence-corrected chi connectivity index (χ4v) is 3.27. The van der Waals surface area contributed by atoms with E-state index in [-0.39, 0.29) is 30.1 Å². The van der Waals surface area contributed by atoms with Crippen LogP contribution < -0.4 is 14.8 Å². The molecule has 1 atom stereocenters. The first-order valence-corrected chi connectivity index (χ1v) is 9.72. The lowest BCUT2D eigenvalue weighted by Gasteiger charge is -2.35. The molecular weight excluding hydrogens is 370 g/mol. The monoisotopic (exact) mass is 400 g/mol. The normalized spacial score (nSPS) is 16.2. The molecule has 1 amide bonds. The smallest absolute Gasteiger partial charge is 0.387 e. The number of alkyl halides is 2. The van der Waals surface area contributed by atoms with Crippen LogP contribution in [0.25, 0.3) is 0 Å². The number of nitrogens with zero attached hydrogens (tertiary/aromatic N) is 1. The largest absolute Gasteiger partial charge is 0.490 e. The van der Waals surface area contributed by atoms with Gasteiger partial charge in [0.05, 0.1) is 19.8 Å². The maximum absolute atomic E-state index is 12.6. The van der Waals surface area contributed by atoms with Gasteiger partial charge in [0.1, 0.15) is 0 Å². The minimum absolute atomic E-state index is 0.0839. The first-order chi connectivity index (χ1) is 13.4. The van der Waals surface area contributed by atoms with E-state index in [0.29, 0.717) is 31.2 Å². The molecule has 2 rings (SSSR count). The van der Waals surface area contributed by atoms with Gasteiger partial charge in [0.2, 0.25) is 0 Å². The summed E-state index contributed by atoms with van der Waals surface area (Å²) in [5, 5.41) is 2.97. The van der Waals surface area contributed by atoms with Crippen LogP contribution in [0.2, 0.25) is 0 Å². The molecule has 0 aliphatic carbocycles. The molecule has 0 aromatic heterocycles. The van der Waals surface area contributed by atoms with Crippen molar-refractivity contribution in [3.05, 3.63) is 23.8 Å². The summed E-state index contributed by atoms with van der Waals surface area (Å²) in [7, 11) is 0. The van der Waals surface area contributed by atoms with E-state index in [4.69, 9.17) is 9.47 Å². The van der Waals surface area contributed by atoms with Gasteiger partial charge in [-0.15, -0.1) is 0 Å². The number of ether oxygens (including phenoxy) is 3. The van der Waals surface area contributed by atoms with Gasteiger partial charge in [0.25, 0.3) is 5.91 Å². The SMILES string of the molecule is CCOc1cc(C(=O)NC[C@H](CC(C)C)N2CCOCC2)ccc1OC(F)F. The summed E-state index contributed by atoms with van der Waals surface area (Å²) in [6, 6.07) is 4.45. The number of morpholine rings is 1. The predicted molar refractivity (Wildman–Crippen MR) is 102 cm³/mol. The molecule has 0 spiro atoms. The Morgan fingerprint density at radius 3 is 2.57 bits per heavy atom. The van der Waals surface area contributed by atoms with Gasteiger partial charge >= 0.3 is 6.61 Å². The Balaban J connectivity index is 2.04. The molecule has 1 aromatic carbocycles. The van der Waals surface area contributed by atoms with Crippen molar-refractivity contribution in [3.63, 3.8) is 0 Å². The highest BCUT2D eigenvalue weighted by atomic mass is 19.3. The molecule has 0 unspecified atom stereocenters. The summed E-state index contributed by atoms with van der Waals surface area (Å²) in [6.45, 7) is 6.98. The predicted octanol–water partition coefficient (Wildman–Crippen LogP) is 3.16. The van der Waals surface area contributed by atoms with Crippen molar-refractivity contribution in [1.82, 2.24) is 10.2 Å². The van der Waals surface area contributed by atoms with Gasteiger partial charge in [-0.05, 0) is 37.5 Å². The van der Waals surface area contributed by atoms with E-state index >= 15 is 0 Å². The Labute approximate surface area is 165 Å². The van der Waals surface area contributed by atoms with Crippen molar-refractivity contribution in [2.45, 2.75) is 39.8 Å². The van der Waals surface area contributed by atoms with E-state index in [1.807, 2.05) is 0 Å². The fraction of sp³-hybridized carbons (Fsp3) is 0.650. The number of amides is 1. The van der Waals surface area contributed by atoms with Crippen LogP contribution >= 0.6 is 0 Å². The first kappa shape index (κ1) is 22.4. The molecule has 1 aliphatic heterocycles. The lowest BCUT2D eigenvalue weighted by molar-refractivity contribution is -0.0514. The third kappa shape index (κ3) is 6.91. The van der Waals surface area contributed by atoms with Crippen molar-refractivity contribution in [2.24, 2.45) is 5.92 Å². The number of hydrogen-bond acceptors (Lipinski definition) is 5. The molecule has 8 heteroatoms. The highest BCUT2D eigenvalue weighted by Gasteiger charge is 2.23. The maximum atomic E-state index is 12.6. The van der Waals surface area contributed by atoms with Gasteiger partial charge in [0, 0.05) is 31.2 Å². The number of benzene rings is 1. The second-order valence-electron chi connectivity index (χ2n) is 7.11. The lowest BCUT2D eigenvalue weighted by atomic mass is 10.0. The van der Waals surface area contributed by atoms with E-state index in [1.54, 1.807) is 6.92 Å². The second-order valence-corrected chi connectivity index (χ2v) is 7.11. The molecule has 0 radical (unpaired) electrons. The number of carbonyl (C=O) groups excluding carboxylic acids is 1. The average Bonchev–Trinajstić information content (AvgIpc) is 2.66. The number of carbonyl (C=O) groups is 1. The van der Waals surface area contributed by atoms with Crippen LogP contribution in [0.15, 0.2) is 18.2 Å². The van der Waals surface area contributed by atoms with Crippen molar-refractivity contribution in [2.75, 3.05) is 39.5 Å². The van der Waals surface area contributed by atoms with Crippen molar-refractivity contribution in [1.29, 1.82) is 0 Å². The number of hydrogen-bond donors (Lipinski definition) is 1. The quantitative estimate of drug-likeness (QED) is 0.654. The van der Waals surface area contributed by atoms with Crippen LogP contribution in [0.3, 0.4) is 0 Å². The Morgan fingerprint density at radius 2 is 1.96 bits per heavy atom.